The summed E-state index contributed by atoms with van der Waals surface area (Å²) in [7, 11) is 0. The molecular weight excluding hydrogens is 196 g/mol. The van der Waals surface area contributed by atoms with Crippen molar-refractivity contribution in [1.29, 1.82) is 0 Å². The molecule has 90 valence electrons. The number of piperidine rings is 1. The molecule has 0 spiro atoms. The Morgan fingerprint density at radius 1 is 1.19 bits per heavy atom. The molecule has 0 unspecified atom stereocenters. The van der Waals surface area contributed by atoms with Gasteiger partial charge in [0.15, 0.2) is 0 Å². The zero-order valence-electron chi connectivity index (χ0n) is 10.7. The number of aryl methyl sites for hydroxylation is 1. The summed E-state index contributed by atoms with van der Waals surface area (Å²) >= 11 is 0. The lowest BCUT2D eigenvalue weighted by Gasteiger charge is -2.24. The topological polar surface area (TPSA) is 24.1 Å². The van der Waals surface area contributed by atoms with E-state index in [1.807, 2.05) is 13.8 Å². The smallest absolute Gasteiger partial charge is 0.0344 e. The Morgan fingerprint density at radius 2 is 1.88 bits per heavy atom. The predicted molar refractivity (Wildman–Crippen MR) is 72.0 cm³/mol. The fraction of sp³-hybridized carbons (Fsp3) is 0.571. The van der Waals surface area contributed by atoms with E-state index < -0.39 is 0 Å². The van der Waals surface area contributed by atoms with Crippen LogP contribution in [0, 0.1) is 6.92 Å². The molecule has 0 radical (unpaired) electrons. The van der Waals surface area contributed by atoms with Crippen molar-refractivity contribution < 1.29 is 0 Å². The highest BCUT2D eigenvalue weighted by atomic mass is 15.0. The Balaban J connectivity index is 0.000000606. The Labute approximate surface area is 99.5 Å². The van der Waals surface area contributed by atoms with E-state index in [0.717, 1.165) is 13.1 Å². The maximum absolute atomic E-state index is 3.58. The van der Waals surface area contributed by atoms with Gasteiger partial charge in [0.2, 0.25) is 0 Å². The van der Waals surface area contributed by atoms with Crippen molar-refractivity contribution in [3.63, 3.8) is 0 Å². The minimum Gasteiger partial charge on any atom is -0.382 e. The summed E-state index contributed by atoms with van der Waals surface area (Å²) in [6.45, 7) is 8.42. The summed E-state index contributed by atoms with van der Waals surface area (Å²) in [5.74, 6) is 0. The third-order valence-electron chi connectivity index (χ3n) is 2.73. The predicted octanol–water partition coefficient (Wildman–Crippen LogP) is 3.19. The monoisotopic (exact) mass is 220 g/mol. The van der Waals surface area contributed by atoms with Crippen LogP contribution in [0.1, 0.15) is 32.3 Å². The van der Waals surface area contributed by atoms with Gasteiger partial charge in [-0.05, 0) is 50.6 Å². The minimum absolute atomic E-state index is 0.651. The lowest BCUT2D eigenvalue weighted by atomic mass is 10.1. The summed E-state index contributed by atoms with van der Waals surface area (Å²) in [6.07, 6.45) is 2.46. The lowest BCUT2D eigenvalue weighted by Crippen LogP contribution is -2.35. The van der Waals surface area contributed by atoms with Crippen molar-refractivity contribution in [2.24, 2.45) is 0 Å². The molecule has 2 nitrogen and oxygen atoms in total. The van der Waals surface area contributed by atoms with Crippen molar-refractivity contribution in [2.45, 2.75) is 39.7 Å². The quantitative estimate of drug-likeness (QED) is 0.800. The molecule has 1 saturated heterocycles. The molecule has 1 fully saturated rings. The molecule has 0 bridgehead atoms. The van der Waals surface area contributed by atoms with Crippen LogP contribution in [0.5, 0.6) is 0 Å². The number of benzene rings is 1. The molecule has 1 aromatic rings. The van der Waals surface area contributed by atoms with Gasteiger partial charge in [-0.25, -0.2) is 0 Å². The molecule has 0 saturated carbocycles. The molecule has 0 aliphatic carbocycles. The number of hydrogen-bond donors (Lipinski definition) is 2. The summed E-state index contributed by atoms with van der Waals surface area (Å²) in [5.41, 5.74) is 2.58. The first-order valence-corrected chi connectivity index (χ1v) is 6.38. The molecule has 0 aromatic heterocycles. The highest BCUT2D eigenvalue weighted by molar-refractivity contribution is 5.46. The SMILES string of the molecule is CC.Cc1cccc(NC2CCNCC2)c1. The van der Waals surface area contributed by atoms with Gasteiger partial charge in [-0.1, -0.05) is 26.0 Å². The van der Waals surface area contributed by atoms with Gasteiger partial charge >= 0.3 is 0 Å². The Hall–Kier alpha value is -1.02. The standard InChI is InChI=1S/C12H18N2.C2H6/c1-10-3-2-4-12(9-10)14-11-5-7-13-8-6-11;1-2/h2-4,9,11,13-14H,5-8H2,1H3;1-2H3. The second-order valence-corrected chi connectivity index (χ2v) is 4.04. The van der Waals surface area contributed by atoms with Gasteiger partial charge in [-0.2, -0.15) is 0 Å². The summed E-state index contributed by atoms with van der Waals surface area (Å²) in [5, 5.41) is 6.95. The average Bonchev–Trinajstić information content (AvgIpc) is 2.33. The van der Waals surface area contributed by atoms with Gasteiger partial charge < -0.3 is 10.6 Å². The van der Waals surface area contributed by atoms with Crippen molar-refractivity contribution in [2.75, 3.05) is 18.4 Å². The molecular formula is C14H24N2. The molecule has 16 heavy (non-hydrogen) atoms. The van der Waals surface area contributed by atoms with E-state index >= 15 is 0 Å². The van der Waals surface area contributed by atoms with Gasteiger partial charge in [0, 0.05) is 11.7 Å². The maximum Gasteiger partial charge on any atom is 0.0344 e. The lowest BCUT2D eigenvalue weighted by molar-refractivity contribution is 0.479. The normalized spacial score (nSPS) is 16.2. The average molecular weight is 220 g/mol. The van der Waals surface area contributed by atoms with Crippen molar-refractivity contribution >= 4 is 5.69 Å². The van der Waals surface area contributed by atoms with Crippen LogP contribution in [0.25, 0.3) is 0 Å². The van der Waals surface area contributed by atoms with Gasteiger partial charge in [0.1, 0.15) is 0 Å². The zero-order valence-corrected chi connectivity index (χ0v) is 10.7. The minimum atomic E-state index is 0.651. The first kappa shape index (κ1) is 13.0. The summed E-state index contributed by atoms with van der Waals surface area (Å²) in [4.78, 5) is 0. The second kappa shape index (κ2) is 7.29. The Kier molecular flexibility index (Phi) is 5.94. The fourth-order valence-corrected chi connectivity index (χ4v) is 1.94. The number of nitrogens with one attached hydrogen (secondary N) is 2. The van der Waals surface area contributed by atoms with Gasteiger partial charge in [-0.15, -0.1) is 0 Å². The van der Waals surface area contributed by atoms with E-state index in [4.69, 9.17) is 0 Å². The van der Waals surface area contributed by atoms with Crippen LogP contribution < -0.4 is 10.6 Å². The molecule has 2 heteroatoms. The van der Waals surface area contributed by atoms with E-state index in [-0.39, 0.29) is 0 Å². The summed E-state index contributed by atoms with van der Waals surface area (Å²) < 4.78 is 0. The zero-order chi connectivity index (χ0) is 11.8. The van der Waals surface area contributed by atoms with Crippen molar-refractivity contribution in [3.05, 3.63) is 29.8 Å². The molecule has 1 aliphatic rings. The van der Waals surface area contributed by atoms with E-state index in [1.165, 1.54) is 24.1 Å². The van der Waals surface area contributed by atoms with Gasteiger partial charge in [0.05, 0.1) is 0 Å². The molecule has 1 aromatic carbocycles. The Morgan fingerprint density at radius 3 is 2.50 bits per heavy atom. The van der Waals surface area contributed by atoms with Crippen LogP contribution in [0.3, 0.4) is 0 Å². The van der Waals surface area contributed by atoms with Crippen LogP contribution in [0.15, 0.2) is 24.3 Å². The number of hydrogen-bond acceptors (Lipinski definition) is 2. The largest absolute Gasteiger partial charge is 0.382 e. The third kappa shape index (κ3) is 4.23. The third-order valence-corrected chi connectivity index (χ3v) is 2.73. The fourth-order valence-electron chi connectivity index (χ4n) is 1.94. The molecule has 2 N–H and O–H groups in total. The van der Waals surface area contributed by atoms with Crippen LogP contribution in [0.4, 0.5) is 5.69 Å². The molecule has 1 aliphatic heterocycles. The van der Waals surface area contributed by atoms with Crippen LogP contribution in [0.2, 0.25) is 0 Å². The van der Waals surface area contributed by atoms with E-state index in [9.17, 15) is 0 Å². The van der Waals surface area contributed by atoms with E-state index in [2.05, 4.69) is 41.8 Å². The first-order chi connectivity index (χ1) is 7.84. The van der Waals surface area contributed by atoms with E-state index in [1.54, 1.807) is 0 Å². The molecule has 0 atom stereocenters. The molecule has 1 heterocycles. The highest BCUT2D eigenvalue weighted by Crippen LogP contribution is 2.14. The molecule has 0 amide bonds. The van der Waals surface area contributed by atoms with Gasteiger partial charge in [0.25, 0.3) is 0 Å². The van der Waals surface area contributed by atoms with E-state index in [0.29, 0.717) is 6.04 Å². The first-order valence-electron chi connectivity index (χ1n) is 6.38. The molecule has 2 rings (SSSR count). The highest BCUT2D eigenvalue weighted by Gasteiger charge is 2.11. The van der Waals surface area contributed by atoms with Gasteiger partial charge in [-0.3, -0.25) is 0 Å². The van der Waals surface area contributed by atoms with Crippen molar-refractivity contribution in [1.82, 2.24) is 5.32 Å². The second-order valence-electron chi connectivity index (χ2n) is 4.04. The van der Waals surface area contributed by atoms with Crippen LogP contribution >= 0.6 is 0 Å². The Bertz CT molecular complexity index is 291. The summed E-state index contributed by atoms with van der Waals surface area (Å²) in [6, 6.07) is 9.25. The maximum atomic E-state index is 3.58. The van der Waals surface area contributed by atoms with Crippen molar-refractivity contribution in [3.8, 4) is 0 Å². The number of rotatable bonds is 2. The van der Waals surface area contributed by atoms with Crippen LogP contribution in [-0.4, -0.2) is 19.1 Å². The van der Waals surface area contributed by atoms with Crippen LogP contribution in [-0.2, 0) is 0 Å². The number of anilines is 1.